The lowest BCUT2D eigenvalue weighted by atomic mass is 9.81. The standard InChI is InChI=1S/C12H19NO3/c1-2-3-7-13-11(14)9-5-4-6-10(8-9)12(15)16/h2,9-10H,1,3-8H2,(H,13,14)(H,15,16). The van der Waals surface area contributed by atoms with E-state index in [1.54, 1.807) is 6.08 Å². The summed E-state index contributed by atoms with van der Waals surface area (Å²) in [6, 6.07) is 0. The first-order valence-corrected chi connectivity index (χ1v) is 5.76. The van der Waals surface area contributed by atoms with Crippen LogP contribution in [0.1, 0.15) is 32.1 Å². The van der Waals surface area contributed by atoms with Crippen molar-refractivity contribution >= 4 is 11.9 Å². The minimum absolute atomic E-state index is 0.00667. The van der Waals surface area contributed by atoms with Gasteiger partial charge in [0.05, 0.1) is 5.92 Å². The Hall–Kier alpha value is -1.32. The monoisotopic (exact) mass is 225 g/mol. The van der Waals surface area contributed by atoms with Gasteiger partial charge in [-0.25, -0.2) is 0 Å². The molecule has 1 aliphatic rings. The number of hydrogen-bond donors (Lipinski definition) is 2. The zero-order chi connectivity index (χ0) is 12.0. The molecule has 0 heterocycles. The van der Waals surface area contributed by atoms with Crippen LogP contribution in [0.5, 0.6) is 0 Å². The van der Waals surface area contributed by atoms with Crippen molar-refractivity contribution in [2.75, 3.05) is 6.54 Å². The normalized spacial score (nSPS) is 24.8. The fourth-order valence-electron chi connectivity index (χ4n) is 2.09. The minimum Gasteiger partial charge on any atom is -0.481 e. The number of rotatable bonds is 5. The van der Waals surface area contributed by atoms with Gasteiger partial charge in [0.2, 0.25) is 5.91 Å². The maximum absolute atomic E-state index is 11.7. The quantitative estimate of drug-likeness (QED) is 0.551. The maximum Gasteiger partial charge on any atom is 0.306 e. The predicted octanol–water partition coefficient (Wildman–Crippen LogP) is 1.57. The summed E-state index contributed by atoms with van der Waals surface area (Å²) in [6.45, 7) is 4.17. The molecular formula is C12H19NO3. The second kappa shape index (κ2) is 6.30. The molecule has 4 nitrogen and oxygen atoms in total. The van der Waals surface area contributed by atoms with Gasteiger partial charge in [-0.3, -0.25) is 9.59 Å². The SMILES string of the molecule is C=CCCNC(=O)C1CCCC(C(=O)O)C1. The van der Waals surface area contributed by atoms with Crippen molar-refractivity contribution in [3.05, 3.63) is 12.7 Å². The summed E-state index contributed by atoms with van der Waals surface area (Å²) in [5, 5.41) is 11.7. The zero-order valence-corrected chi connectivity index (χ0v) is 9.45. The van der Waals surface area contributed by atoms with Crippen LogP contribution in [0.4, 0.5) is 0 Å². The van der Waals surface area contributed by atoms with Crippen molar-refractivity contribution in [1.82, 2.24) is 5.32 Å². The topological polar surface area (TPSA) is 66.4 Å². The predicted molar refractivity (Wildman–Crippen MR) is 60.9 cm³/mol. The van der Waals surface area contributed by atoms with Gasteiger partial charge in [0.15, 0.2) is 0 Å². The lowest BCUT2D eigenvalue weighted by Gasteiger charge is -2.25. The van der Waals surface area contributed by atoms with Crippen LogP contribution in [-0.4, -0.2) is 23.5 Å². The number of amides is 1. The highest BCUT2D eigenvalue weighted by Gasteiger charge is 2.30. The van der Waals surface area contributed by atoms with E-state index in [1.807, 2.05) is 0 Å². The highest BCUT2D eigenvalue weighted by atomic mass is 16.4. The molecule has 0 bridgehead atoms. The summed E-state index contributed by atoms with van der Waals surface area (Å²) < 4.78 is 0. The number of nitrogens with one attached hydrogen (secondary N) is 1. The van der Waals surface area contributed by atoms with Gasteiger partial charge in [-0.15, -0.1) is 6.58 Å². The Bertz CT molecular complexity index is 275. The smallest absolute Gasteiger partial charge is 0.306 e. The van der Waals surface area contributed by atoms with Crippen LogP contribution >= 0.6 is 0 Å². The van der Waals surface area contributed by atoms with Gasteiger partial charge in [0.25, 0.3) is 0 Å². The molecule has 2 unspecified atom stereocenters. The number of carboxylic acid groups (broad SMARTS) is 1. The molecule has 90 valence electrons. The molecule has 1 amide bonds. The van der Waals surface area contributed by atoms with E-state index in [2.05, 4.69) is 11.9 Å². The van der Waals surface area contributed by atoms with E-state index in [0.29, 0.717) is 19.4 Å². The van der Waals surface area contributed by atoms with Crippen LogP contribution in [0, 0.1) is 11.8 Å². The summed E-state index contributed by atoms with van der Waals surface area (Å²) in [4.78, 5) is 22.5. The van der Waals surface area contributed by atoms with Crippen molar-refractivity contribution in [3.63, 3.8) is 0 Å². The zero-order valence-electron chi connectivity index (χ0n) is 9.45. The average Bonchev–Trinajstić information content (AvgIpc) is 2.29. The van der Waals surface area contributed by atoms with Crippen molar-refractivity contribution in [3.8, 4) is 0 Å². The maximum atomic E-state index is 11.7. The van der Waals surface area contributed by atoms with Gasteiger partial charge in [-0.1, -0.05) is 12.5 Å². The Balaban J connectivity index is 2.37. The van der Waals surface area contributed by atoms with E-state index >= 15 is 0 Å². The summed E-state index contributed by atoms with van der Waals surface area (Å²) >= 11 is 0. The third-order valence-corrected chi connectivity index (χ3v) is 3.04. The molecular weight excluding hydrogens is 206 g/mol. The van der Waals surface area contributed by atoms with Gasteiger partial charge in [0.1, 0.15) is 0 Å². The minimum atomic E-state index is -0.774. The van der Waals surface area contributed by atoms with Crippen LogP contribution in [-0.2, 0) is 9.59 Å². The Morgan fingerprint density at radius 2 is 2.06 bits per heavy atom. The molecule has 2 atom stereocenters. The van der Waals surface area contributed by atoms with Crippen molar-refractivity contribution in [2.45, 2.75) is 32.1 Å². The molecule has 1 saturated carbocycles. The van der Waals surface area contributed by atoms with E-state index in [-0.39, 0.29) is 17.7 Å². The molecule has 0 aromatic carbocycles. The van der Waals surface area contributed by atoms with Crippen molar-refractivity contribution < 1.29 is 14.7 Å². The van der Waals surface area contributed by atoms with E-state index in [1.165, 1.54) is 0 Å². The van der Waals surface area contributed by atoms with Gasteiger partial charge in [-0.05, 0) is 25.7 Å². The molecule has 1 rings (SSSR count). The number of hydrogen-bond acceptors (Lipinski definition) is 2. The van der Waals surface area contributed by atoms with Crippen LogP contribution < -0.4 is 5.32 Å². The van der Waals surface area contributed by atoms with Gasteiger partial charge in [0, 0.05) is 12.5 Å². The average molecular weight is 225 g/mol. The molecule has 0 aliphatic heterocycles. The number of carbonyl (C=O) groups excluding carboxylic acids is 1. The van der Waals surface area contributed by atoms with Crippen LogP contribution in [0.15, 0.2) is 12.7 Å². The third-order valence-electron chi connectivity index (χ3n) is 3.04. The Kier molecular flexibility index (Phi) is 5.02. The summed E-state index contributed by atoms with van der Waals surface area (Å²) in [6.07, 6.45) is 5.32. The van der Waals surface area contributed by atoms with Crippen LogP contribution in [0.2, 0.25) is 0 Å². The molecule has 4 heteroatoms. The van der Waals surface area contributed by atoms with E-state index in [4.69, 9.17) is 5.11 Å². The second-order valence-electron chi connectivity index (χ2n) is 4.27. The Morgan fingerprint density at radius 1 is 1.38 bits per heavy atom. The highest BCUT2D eigenvalue weighted by Crippen LogP contribution is 2.29. The molecule has 16 heavy (non-hydrogen) atoms. The molecule has 0 aromatic heterocycles. The third kappa shape index (κ3) is 3.68. The van der Waals surface area contributed by atoms with Crippen LogP contribution in [0.3, 0.4) is 0 Å². The first-order chi connectivity index (χ1) is 7.65. The highest BCUT2D eigenvalue weighted by molar-refractivity contribution is 5.80. The lowest BCUT2D eigenvalue weighted by molar-refractivity contribution is -0.144. The molecule has 0 saturated heterocycles. The van der Waals surface area contributed by atoms with E-state index in [9.17, 15) is 9.59 Å². The summed E-state index contributed by atoms with van der Waals surface area (Å²) in [5.41, 5.74) is 0. The van der Waals surface area contributed by atoms with Gasteiger partial charge < -0.3 is 10.4 Å². The second-order valence-corrected chi connectivity index (χ2v) is 4.27. The van der Waals surface area contributed by atoms with Crippen LogP contribution in [0.25, 0.3) is 0 Å². The van der Waals surface area contributed by atoms with Gasteiger partial charge in [-0.2, -0.15) is 0 Å². The largest absolute Gasteiger partial charge is 0.481 e. The van der Waals surface area contributed by atoms with Crippen molar-refractivity contribution in [1.29, 1.82) is 0 Å². The first kappa shape index (κ1) is 12.7. The van der Waals surface area contributed by atoms with E-state index < -0.39 is 5.97 Å². The fraction of sp³-hybridized carbons (Fsp3) is 0.667. The molecule has 1 fully saturated rings. The summed E-state index contributed by atoms with van der Waals surface area (Å²) in [5.74, 6) is -1.25. The Morgan fingerprint density at radius 3 is 2.69 bits per heavy atom. The number of carbonyl (C=O) groups is 2. The number of aliphatic carboxylic acids is 1. The number of carboxylic acids is 1. The van der Waals surface area contributed by atoms with E-state index in [0.717, 1.165) is 19.3 Å². The molecule has 0 aromatic rings. The molecule has 0 spiro atoms. The molecule has 0 radical (unpaired) electrons. The fourth-order valence-corrected chi connectivity index (χ4v) is 2.09. The first-order valence-electron chi connectivity index (χ1n) is 5.76. The summed E-state index contributed by atoms with van der Waals surface area (Å²) in [7, 11) is 0. The Labute approximate surface area is 95.7 Å². The molecule has 2 N–H and O–H groups in total. The van der Waals surface area contributed by atoms with Crippen molar-refractivity contribution in [2.24, 2.45) is 11.8 Å². The van der Waals surface area contributed by atoms with Gasteiger partial charge >= 0.3 is 5.97 Å². The lowest BCUT2D eigenvalue weighted by Crippen LogP contribution is -2.35. The molecule has 1 aliphatic carbocycles.